The molecule has 3 heterocycles. The summed E-state index contributed by atoms with van der Waals surface area (Å²) in [5, 5.41) is 16.6. The predicted molar refractivity (Wildman–Crippen MR) is 126 cm³/mol. The smallest absolute Gasteiger partial charge is 0.276 e. The van der Waals surface area contributed by atoms with Gasteiger partial charge in [-0.05, 0) is 24.0 Å². The zero-order valence-electron chi connectivity index (χ0n) is 17.8. The van der Waals surface area contributed by atoms with Crippen LogP contribution in [0.15, 0.2) is 71.8 Å². The number of hydrogen-bond acceptors (Lipinski definition) is 5. The van der Waals surface area contributed by atoms with E-state index in [-0.39, 0.29) is 21.5 Å². The monoisotopic (exact) mass is 461 g/mol. The normalized spacial score (nSPS) is 16.6. The molecule has 1 aliphatic rings. The minimum atomic E-state index is -0.963. The van der Waals surface area contributed by atoms with Crippen LogP contribution in [0.25, 0.3) is 11.0 Å². The highest BCUT2D eigenvalue weighted by Crippen LogP contribution is 2.34. The van der Waals surface area contributed by atoms with Crippen molar-refractivity contribution in [3.05, 3.63) is 93.1 Å². The maximum Gasteiger partial charge on any atom is 0.276 e. The zero-order chi connectivity index (χ0) is 23.0. The average Bonchev–Trinajstić information content (AvgIpc) is 3.24. The van der Waals surface area contributed by atoms with Gasteiger partial charge in [0.25, 0.3) is 5.56 Å². The van der Waals surface area contributed by atoms with Crippen LogP contribution in [0.3, 0.4) is 0 Å². The molecule has 0 bridgehead atoms. The number of carbonyl (C=O) groups excluding carboxylic acids is 1. The molecule has 5 rings (SSSR count). The van der Waals surface area contributed by atoms with Gasteiger partial charge in [0.1, 0.15) is 16.1 Å². The van der Waals surface area contributed by atoms with E-state index >= 15 is 0 Å². The molecule has 0 spiro atoms. The first-order valence-corrected chi connectivity index (χ1v) is 11.2. The van der Waals surface area contributed by atoms with Crippen molar-refractivity contribution in [3.63, 3.8) is 0 Å². The van der Waals surface area contributed by atoms with E-state index in [0.717, 1.165) is 11.1 Å². The second-order valence-electron chi connectivity index (χ2n) is 8.30. The highest BCUT2D eigenvalue weighted by Gasteiger charge is 2.38. The van der Waals surface area contributed by atoms with Crippen molar-refractivity contribution in [1.82, 2.24) is 24.6 Å². The molecule has 3 N–H and O–H groups in total. The van der Waals surface area contributed by atoms with Gasteiger partial charge in [0.05, 0.1) is 11.9 Å². The fraction of sp³-hybridized carbons (Fsp3) is 0.250. The molecule has 33 heavy (non-hydrogen) atoms. The Kier molecular flexibility index (Phi) is 5.43. The van der Waals surface area contributed by atoms with Crippen LogP contribution in [0, 0.1) is 4.64 Å². The highest BCUT2D eigenvalue weighted by molar-refractivity contribution is 7.71. The number of nitrogens with zero attached hydrogens (tertiary/aromatic N) is 3. The van der Waals surface area contributed by atoms with E-state index in [1.807, 2.05) is 60.7 Å². The van der Waals surface area contributed by atoms with Gasteiger partial charge in [0.15, 0.2) is 5.65 Å². The molecule has 8 nitrogen and oxygen atoms in total. The Labute approximate surface area is 194 Å². The van der Waals surface area contributed by atoms with Gasteiger partial charge in [0, 0.05) is 13.1 Å². The van der Waals surface area contributed by atoms with Crippen molar-refractivity contribution in [3.8, 4) is 0 Å². The number of aromatic nitrogens is 4. The molecule has 0 aliphatic carbocycles. The third-order valence-corrected chi connectivity index (χ3v) is 6.77. The standard InChI is InChI=1S/C24H23N5O3S/c30-21-18-20(26-27-21)25-15-29(23(18)33)19(16-7-3-1-4-8-16)22(31)28-13-11-24(32,12-14-28)17-9-5-2-6-10-17/h1-10,15,19,32H,11-14H2,(H2,26,27,30). The first-order chi connectivity index (χ1) is 16.0. The molecule has 4 aromatic rings. The van der Waals surface area contributed by atoms with Crippen molar-refractivity contribution < 1.29 is 9.90 Å². The first-order valence-electron chi connectivity index (χ1n) is 10.8. The number of likely N-dealkylation sites (tertiary alicyclic amines) is 1. The van der Waals surface area contributed by atoms with Crippen LogP contribution in [0.4, 0.5) is 0 Å². The van der Waals surface area contributed by atoms with Crippen LogP contribution in [-0.4, -0.2) is 48.8 Å². The van der Waals surface area contributed by atoms with Crippen LogP contribution >= 0.6 is 12.2 Å². The van der Waals surface area contributed by atoms with Crippen molar-refractivity contribution in [2.24, 2.45) is 0 Å². The summed E-state index contributed by atoms with van der Waals surface area (Å²) in [6.07, 6.45) is 2.36. The van der Waals surface area contributed by atoms with E-state index < -0.39 is 11.6 Å². The summed E-state index contributed by atoms with van der Waals surface area (Å²) >= 11 is 5.60. The lowest BCUT2D eigenvalue weighted by Crippen LogP contribution is -2.47. The molecule has 1 atom stereocenters. The Morgan fingerprint density at radius 2 is 1.67 bits per heavy atom. The molecule has 1 saturated heterocycles. The Hall–Kier alpha value is -3.56. The molecule has 9 heteroatoms. The lowest BCUT2D eigenvalue weighted by atomic mass is 9.84. The molecule has 1 aliphatic heterocycles. The number of benzene rings is 2. The van der Waals surface area contributed by atoms with Crippen LogP contribution in [0.1, 0.15) is 30.0 Å². The molecule has 2 aromatic heterocycles. The summed E-state index contributed by atoms with van der Waals surface area (Å²) in [6.45, 7) is 0.808. The number of aliphatic hydroxyl groups is 1. The third kappa shape index (κ3) is 3.79. The SMILES string of the molecule is O=C(C(c1ccccc1)n1cnc2[nH][nH]c(=O)c2c1=S)N1CCC(O)(c2ccccc2)CC1. The number of rotatable bonds is 4. The van der Waals surface area contributed by atoms with Gasteiger partial charge >= 0.3 is 0 Å². The molecular weight excluding hydrogens is 438 g/mol. The third-order valence-electron chi connectivity index (χ3n) is 6.36. The second kappa shape index (κ2) is 8.42. The van der Waals surface area contributed by atoms with Gasteiger partial charge in [0.2, 0.25) is 5.91 Å². The first kappa shape index (κ1) is 21.3. The van der Waals surface area contributed by atoms with Gasteiger partial charge in [-0.15, -0.1) is 0 Å². The number of amides is 1. The minimum Gasteiger partial charge on any atom is -0.385 e. The molecule has 0 radical (unpaired) electrons. The number of carbonyl (C=O) groups is 1. The maximum atomic E-state index is 13.8. The summed E-state index contributed by atoms with van der Waals surface area (Å²) in [6, 6.07) is 18.1. The second-order valence-corrected chi connectivity index (χ2v) is 8.68. The van der Waals surface area contributed by atoms with E-state index in [4.69, 9.17) is 12.2 Å². The molecular formula is C24H23N5O3S. The van der Waals surface area contributed by atoms with Crippen LogP contribution in [0.2, 0.25) is 0 Å². The van der Waals surface area contributed by atoms with E-state index in [9.17, 15) is 14.7 Å². The van der Waals surface area contributed by atoms with Crippen molar-refractivity contribution in [1.29, 1.82) is 0 Å². The topological polar surface area (TPSA) is 107 Å². The summed E-state index contributed by atoms with van der Waals surface area (Å²) in [7, 11) is 0. The van der Waals surface area contributed by atoms with E-state index in [1.54, 1.807) is 9.47 Å². The quantitative estimate of drug-likeness (QED) is 0.405. The molecule has 2 aromatic carbocycles. The highest BCUT2D eigenvalue weighted by atomic mass is 32.1. The largest absolute Gasteiger partial charge is 0.385 e. The number of hydrogen-bond donors (Lipinski definition) is 3. The van der Waals surface area contributed by atoms with E-state index in [0.29, 0.717) is 31.6 Å². The number of H-pyrrole nitrogens is 2. The molecule has 0 saturated carbocycles. The fourth-order valence-electron chi connectivity index (χ4n) is 4.49. The lowest BCUT2D eigenvalue weighted by Gasteiger charge is -2.40. The molecule has 1 unspecified atom stereocenters. The summed E-state index contributed by atoms with van der Waals surface area (Å²) in [5.41, 5.74) is 0.624. The number of piperidine rings is 1. The van der Waals surface area contributed by atoms with Gasteiger partial charge in [-0.1, -0.05) is 72.9 Å². The molecule has 1 fully saturated rings. The average molecular weight is 462 g/mol. The van der Waals surface area contributed by atoms with Crippen LogP contribution < -0.4 is 5.56 Å². The number of nitrogens with one attached hydrogen (secondary N) is 2. The molecule has 168 valence electrons. The Balaban J connectivity index is 1.50. The van der Waals surface area contributed by atoms with E-state index in [2.05, 4.69) is 15.2 Å². The Morgan fingerprint density at radius 1 is 1.03 bits per heavy atom. The minimum absolute atomic E-state index is 0.152. The molecule has 1 amide bonds. The van der Waals surface area contributed by atoms with Gasteiger partial charge in [-0.2, -0.15) is 0 Å². The van der Waals surface area contributed by atoms with Gasteiger partial charge < -0.3 is 14.6 Å². The number of fused-ring (bicyclic) bond motifs is 1. The maximum absolute atomic E-state index is 13.8. The predicted octanol–water partition coefficient (Wildman–Crippen LogP) is 2.88. The Bertz CT molecular complexity index is 1400. The van der Waals surface area contributed by atoms with Crippen LogP contribution in [-0.2, 0) is 10.4 Å². The lowest BCUT2D eigenvalue weighted by molar-refractivity contribution is -0.138. The Morgan fingerprint density at radius 3 is 2.33 bits per heavy atom. The van der Waals surface area contributed by atoms with Crippen LogP contribution in [0.5, 0.6) is 0 Å². The van der Waals surface area contributed by atoms with Gasteiger partial charge in [-0.3, -0.25) is 19.8 Å². The van der Waals surface area contributed by atoms with E-state index in [1.165, 1.54) is 6.33 Å². The fourth-order valence-corrected chi connectivity index (χ4v) is 4.84. The summed E-state index contributed by atoms with van der Waals surface area (Å²) in [5.74, 6) is -0.152. The number of aromatic amines is 2. The van der Waals surface area contributed by atoms with Crippen molar-refractivity contribution >= 4 is 29.2 Å². The van der Waals surface area contributed by atoms with Gasteiger partial charge in [-0.25, -0.2) is 4.98 Å². The zero-order valence-corrected chi connectivity index (χ0v) is 18.6. The van der Waals surface area contributed by atoms with Crippen molar-refractivity contribution in [2.75, 3.05) is 13.1 Å². The summed E-state index contributed by atoms with van der Waals surface area (Å²) < 4.78 is 1.82. The summed E-state index contributed by atoms with van der Waals surface area (Å²) in [4.78, 5) is 32.1. The van der Waals surface area contributed by atoms with Crippen molar-refractivity contribution in [2.45, 2.75) is 24.5 Å².